The van der Waals surface area contributed by atoms with E-state index in [-0.39, 0.29) is 30.3 Å². The molecule has 0 aromatic heterocycles. The molecular formula is C25H28F3N3O3. The number of carbonyl (C=O) groups excluding carboxylic acids is 2. The van der Waals surface area contributed by atoms with Gasteiger partial charge in [-0.15, -0.1) is 0 Å². The van der Waals surface area contributed by atoms with Gasteiger partial charge in [0.15, 0.2) is 0 Å². The van der Waals surface area contributed by atoms with Crippen LogP contribution in [-0.4, -0.2) is 73.6 Å². The number of alkyl halides is 3. The van der Waals surface area contributed by atoms with Crippen LogP contribution in [0.15, 0.2) is 54.6 Å². The van der Waals surface area contributed by atoms with Gasteiger partial charge in [-0.25, -0.2) is 0 Å². The lowest BCUT2D eigenvalue weighted by molar-refractivity contribution is -0.137. The highest BCUT2D eigenvalue weighted by Crippen LogP contribution is 2.33. The summed E-state index contributed by atoms with van der Waals surface area (Å²) in [5, 5.41) is 3.01. The number of likely N-dealkylation sites (tertiary alicyclic amines) is 1. The number of benzene rings is 2. The van der Waals surface area contributed by atoms with Crippen molar-refractivity contribution in [2.75, 3.05) is 45.9 Å². The maximum Gasteiger partial charge on any atom is 0.416 e. The number of halogens is 3. The number of morpholine rings is 1. The first kappa shape index (κ1) is 24.2. The molecule has 9 heteroatoms. The molecule has 2 aliphatic rings. The van der Waals surface area contributed by atoms with Crippen molar-refractivity contribution in [2.24, 2.45) is 0 Å². The van der Waals surface area contributed by atoms with E-state index < -0.39 is 11.7 Å². The first-order valence-corrected chi connectivity index (χ1v) is 11.4. The number of carbonyl (C=O) groups is 2. The second-order valence-electron chi connectivity index (χ2n) is 8.78. The van der Waals surface area contributed by atoms with E-state index in [9.17, 15) is 22.8 Å². The van der Waals surface area contributed by atoms with E-state index in [0.717, 1.165) is 6.07 Å². The summed E-state index contributed by atoms with van der Waals surface area (Å²) in [6.07, 6.45) is -3.94. The second kappa shape index (κ2) is 10.6. The Morgan fingerprint density at radius 2 is 1.74 bits per heavy atom. The lowest BCUT2D eigenvalue weighted by atomic mass is 9.87. The Balaban J connectivity index is 1.52. The van der Waals surface area contributed by atoms with Crippen molar-refractivity contribution in [1.29, 1.82) is 0 Å². The molecule has 2 aliphatic heterocycles. The zero-order valence-electron chi connectivity index (χ0n) is 18.8. The van der Waals surface area contributed by atoms with Crippen molar-refractivity contribution >= 4 is 11.8 Å². The van der Waals surface area contributed by atoms with Crippen molar-refractivity contribution in [3.05, 3.63) is 71.3 Å². The largest absolute Gasteiger partial charge is 0.416 e. The van der Waals surface area contributed by atoms with Crippen LogP contribution in [0.1, 0.15) is 33.8 Å². The molecular weight excluding hydrogens is 447 g/mol. The summed E-state index contributed by atoms with van der Waals surface area (Å²) in [4.78, 5) is 29.3. The van der Waals surface area contributed by atoms with E-state index >= 15 is 0 Å². The zero-order valence-corrected chi connectivity index (χ0v) is 18.8. The molecule has 4 rings (SSSR count). The molecule has 0 bridgehead atoms. The number of nitrogens with one attached hydrogen (secondary N) is 1. The summed E-state index contributed by atoms with van der Waals surface area (Å²) in [6.45, 7) is 3.07. The van der Waals surface area contributed by atoms with Gasteiger partial charge >= 0.3 is 6.18 Å². The lowest BCUT2D eigenvalue weighted by Gasteiger charge is -2.39. The minimum atomic E-state index is -4.43. The summed E-state index contributed by atoms with van der Waals surface area (Å²) < 4.78 is 45.2. The van der Waals surface area contributed by atoms with Gasteiger partial charge in [0.2, 0.25) is 5.91 Å². The smallest absolute Gasteiger partial charge is 0.378 e. The van der Waals surface area contributed by atoms with E-state index in [1.54, 1.807) is 35.2 Å². The predicted molar refractivity (Wildman–Crippen MR) is 120 cm³/mol. The third-order valence-electron chi connectivity index (χ3n) is 6.31. The summed E-state index contributed by atoms with van der Waals surface area (Å²) in [5.41, 5.74) is 0.369. The van der Waals surface area contributed by atoms with E-state index in [1.807, 2.05) is 11.0 Å². The van der Waals surface area contributed by atoms with Gasteiger partial charge in [-0.1, -0.05) is 36.4 Å². The molecule has 2 saturated heterocycles. The van der Waals surface area contributed by atoms with Crippen molar-refractivity contribution in [3.8, 4) is 0 Å². The van der Waals surface area contributed by atoms with Crippen molar-refractivity contribution in [3.63, 3.8) is 0 Å². The van der Waals surface area contributed by atoms with Crippen molar-refractivity contribution in [2.45, 2.75) is 24.6 Å². The Bertz CT molecular complexity index is 994. The average Bonchev–Trinajstić information content (AvgIpc) is 2.84. The molecule has 0 aliphatic carbocycles. The number of rotatable bonds is 5. The van der Waals surface area contributed by atoms with E-state index in [2.05, 4.69) is 5.32 Å². The van der Waals surface area contributed by atoms with E-state index in [4.69, 9.17) is 4.74 Å². The van der Waals surface area contributed by atoms with Crippen LogP contribution < -0.4 is 5.32 Å². The highest BCUT2D eigenvalue weighted by Gasteiger charge is 2.34. The monoisotopic (exact) mass is 475 g/mol. The number of ether oxygens (including phenoxy) is 1. The summed E-state index contributed by atoms with van der Waals surface area (Å²) in [6, 6.07) is 13.8. The summed E-state index contributed by atoms with van der Waals surface area (Å²) in [5.74, 6) is -0.537. The standard InChI is InChI=1S/C25H28F3N3O3/c26-25(27,28)21-8-4-7-19(13-21)20-14-22(29-24(33)18-5-2-1-3-6-18)16-30(15-20)17-23(32)31-9-11-34-12-10-31/h1-8,13,20,22H,9-12,14-17H2,(H,29,33). The number of amides is 2. The fourth-order valence-electron chi connectivity index (χ4n) is 4.60. The van der Waals surface area contributed by atoms with Crippen molar-refractivity contribution < 1.29 is 27.5 Å². The van der Waals surface area contributed by atoms with Crippen LogP contribution in [-0.2, 0) is 15.7 Å². The number of hydrogen-bond donors (Lipinski definition) is 1. The highest BCUT2D eigenvalue weighted by atomic mass is 19.4. The van der Waals surface area contributed by atoms with Crippen LogP contribution in [0, 0.1) is 0 Å². The van der Waals surface area contributed by atoms with E-state index in [0.29, 0.717) is 56.9 Å². The predicted octanol–water partition coefficient (Wildman–Crippen LogP) is 3.15. The molecule has 2 heterocycles. The van der Waals surface area contributed by atoms with Gasteiger partial charge in [0, 0.05) is 37.8 Å². The Morgan fingerprint density at radius 3 is 2.44 bits per heavy atom. The fourth-order valence-corrected chi connectivity index (χ4v) is 4.60. The molecule has 1 N–H and O–H groups in total. The lowest BCUT2D eigenvalue weighted by Crippen LogP contribution is -2.53. The quantitative estimate of drug-likeness (QED) is 0.722. The third kappa shape index (κ3) is 6.15. The molecule has 2 amide bonds. The number of piperidine rings is 1. The first-order valence-electron chi connectivity index (χ1n) is 11.4. The average molecular weight is 476 g/mol. The van der Waals surface area contributed by atoms with Crippen LogP contribution in [0.3, 0.4) is 0 Å². The number of hydrogen-bond acceptors (Lipinski definition) is 4. The number of nitrogens with zero attached hydrogens (tertiary/aromatic N) is 2. The minimum absolute atomic E-state index is 0.0406. The molecule has 34 heavy (non-hydrogen) atoms. The second-order valence-corrected chi connectivity index (χ2v) is 8.78. The molecule has 2 aromatic carbocycles. The maximum atomic E-state index is 13.3. The SMILES string of the molecule is O=C(NC1CC(c2cccc(C(F)(F)F)c2)CN(CC(=O)N2CCOCC2)C1)c1ccccc1. The van der Waals surface area contributed by atoms with Crippen LogP contribution in [0.2, 0.25) is 0 Å². The van der Waals surface area contributed by atoms with Gasteiger partial charge in [-0.05, 0) is 36.1 Å². The van der Waals surface area contributed by atoms with Crippen LogP contribution in [0.4, 0.5) is 13.2 Å². The Kier molecular flexibility index (Phi) is 7.53. The van der Waals surface area contributed by atoms with Gasteiger partial charge in [-0.3, -0.25) is 14.5 Å². The van der Waals surface area contributed by atoms with Crippen LogP contribution >= 0.6 is 0 Å². The Labute approximate surface area is 196 Å². The van der Waals surface area contributed by atoms with Gasteiger partial charge in [0.25, 0.3) is 5.91 Å². The zero-order chi connectivity index (χ0) is 24.1. The molecule has 2 unspecified atom stereocenters. The molecule has 0 saturated carbocycles. The fraction of sp³-hybridized carbons (Fsp3) is 0.440. The Morgan fingerprint density at radius 1 is 1.00 bits per heavy atom. The summed E-state index contributed by atoms with van der Waals surface area (Å²) >= 11 is 0. The molecule has 182 valence electrons. The molecule has 2 fully saturated rings. The van der Waals surface area contributed by atoms with Gasteiger partial charge < -0.3 is 15.0 Å². The molecule has 2 aromatic rings. The Hall–Kier alpha value is -2.91. The van der Waals surface area contributed by atoms with Crippen molar-refractivity contribution in [1.82, 2.24) is 15.1 Å². The molecule has 0 spiro atoms. The molecule has 6 nitrogen and oxygen atoms in total. The normalized spacial score (nSPS) is 21.8. The first-order chi connectivity index (χ1) is 16.3. The molecule has 0 radical (unpaired) electrons. The topological polar surface area (TPSA) is 61.9 Å². The van der Waals surface area contributed by atoms with Gasteiger partial charge in [-0.2, -0.15) is 13.2 Å². The highest BCUT2D eigenvalue weighted by molar-refractivity contribution is 5.94. The van der Waals surface area contributed by atoms with Crippen LogP contribution in [0.25, 0.3) is 0 Å². The van der Waals surface area contributed by atoms with Gasteiger partial charge in [0.05, 0.1) is 25.3 Å². The maximum absolute atomic E-state index is 13.3. The third-order valence-corrected chi connectivity index (χ3v) is 6.31. The molecule has 2 atom stereocenters. The minimum Gasteiger partial charge on any atom is -0.378 e. The van der Waals surface area contributed by atoms with E-state index in [1.165, 1.54) is 12.1 Å². The summed E-state index contributed by atoms with van der Waals surface area (Å²) in [7, 11) is 0. The van der Waals surface area contributed by atoms with Crippen LogP contribution in [0.5, 0.6) is 0 Å². The van der Waals surface area contributed by atoms with Gasteiger partial charge in [0.1, 0.15) is 0 Å².